The predicted molar refractivity (Wildman–Crippen MR) is 130 cm³/mol. The maximum atomic E-state index is 13.3. The van der Waals surface area contributed by atoms with Gasteiger partial charge in [-0.1, -0.05) is 48.0 Å². The zero-order chi connectivity index (χ0) is 22.6. The quantitative estimate of drug-likeness (QED) is 0.463. The number of nitrogens with one attached hydrogen (secondary N) is 1. The van der Waals surface area contributed by atoms with E-state index in [4.69, 9.17) is 9.84 Å². The van der Waals surface area contributed by atoms with Gasteiger partial charge in [-0.15, -0.1) is 11.3 Å². The third kappa shape index (κ3) is 5.03. The smallest absolute Gasteiger partial charge is 0.261 e. The van der Waals surface area contributed by atoms with Crippen LogP contribution >= 0.6 is 11.3 Å². The highest BCUT2D eigenvalue weighted by atomic mass is 32.1. The van der Waals surface area contributed by atoms with E-state index in [1.165, 1.54) is 11.3 Å². The molecule has 33 heavy (non-hydrogen) atoms. The van der Waals surface area contributed by atoms with Crippen molar-refractivity contribution in [1.29, 1.82) is 0 Å². The molecule has 1 saturated heterocycles. The molecule has 5 rings (SSSR count). The minimum Gasteiger partial charge on any atom is -0.379 e. The van der Waals surface area contributed by atoms with Crippen LogP contribution in [0.25, 0.3) is 16.9 Å². The van der Waals surface area contributed by atoms with Crippen LogP contribution in [0.5, 0.6) is 0 Å². The van der Waals surface area contributed by atoms with Gasteiger partial charge in [-0.05, 0) is 19.1 Å². The van der Waals surface area contributed by atoms with Gasteiger partial charge >= 0.3 is 0 Å². The molecule has 8 heteroatoms. The zero-order valence-electron chi connectivity index (χ0n) is 18.4. The molecule has 2 aromatic carbocycles. The molecular weight excluding hydrogens is 434 g/mol. The molecule has 0 aliphatic carbocycles. The Kier molecular flexibility index (Phi) is 6.30. The first kappa shape index (κ1) is 21.5. The minimum atomic E-state index is -0.222. The van der Waals surface area contributed by atoms with Crippen molar-refractivity contribution in [1.82, 2.24) is 19.7 Å². The van der Waals surface area contributed by atoms with Crippen LogP contribution in [0.4, 0.5) is 5.13 Å². The summed E-state index contributed by atoms with van der Waals surface area (Å²) in [7, 11) is 0. The van der Waals surface area contributed by atoms with Crippen molar-refractivity contribution in [3.8, 4) is 16.9 Å². The molecule has 0 bridgehead atoms. The first-order valence-corrected chi connectivity index (χ1v) is 11.8. The molecule has 7 nitrogen and oxygen atoms in total. The Morgan fingerprint density at radius 2 is 1.85 bits per heavy atom. The Morgan fingerprint density at radius 1 is 1.09 bits per heavy atom. The number of amides is 1. The fourth-order valence-corrected chi connectivity index (χ4v) is 4.46. The van der Waals surface area contributed by atoms with E-state index in [1.54, 1.807) is 10.9 Å². The number of benzene rings is 2. The van der Waals surface area contributed by atoms with Crippen LogP contribution < -0.4 is 5.32 Å². The first-order chi connectivity index (χ1) is 16.2. The van der Waals surface area contributed by atoms with Crippen molar-refractivity contribution in [2.24, 2.45) is 0 Å². The van der Waals surface area contributed by atoms with E-state index in [0.29, 0.717) is 16.4 Å². The number of aryl methyl sites for hydroxylation is 1. The van der Waals surface area contributed by atoms with Crippen LogP contribution in [0.3, 0.4) is 0 Å². The number of nitrogens with zero attached hydrogens (tertiary/aromatic N) is 4. The second-order valence-corrected chi connectivity index (χ2v) is 8.88. The lowest BCUT2D eigenvalue weighted by atomic mass is 10.1. The molecule has 3 heterocycles. The summed E-state index contributed by atoms with van der Waals surface area (Å²) in [5, 5.41) is 10.3. The average Bonchev–Trinajstić information content (AvgIpc) is 3.48. The van der Waals surface area contributed by atoms with Gasteiger partial charge in [-0.25, -0.2) is 9.67 Å². The molecule has 0 atom stereocenters. The molecule has 1 aliphatic heterocycles. The Hall–Kier alpha value is -3.33. The standard InChI is InChI=1S/C25H25N5O2S/c1-18-7-9-19(10-8-18)23-22(16-30(28-23)21-5-3-2-4-6-21)24(31)27-25-26-20(17-33-25)15-29-11-13-32-14-12-29/h2-10,16-17H,11-15H2,1H3,(H,26,27,31). The van der Waals surface area contributed by atoms with Crippen molar-refractivity contribution in [2.75, 3.05) is 31.6 Å². The van der Waals surface area contributed by atoms with Crippen LogP contribution in [0.2, 0.25) is 0 Å². The molecular formula is C25H25N5O2S. The van der Waals surface area contributed by atoms with Gasteiger partial charge in [0.05, 0.1) is 30.2 Å². The fraction of sp³-hybridized carbons (Fsp3) is 0.240. The third-order valence-corrected chi connectivity index (χ3v) is 6.37. The van der Waals surface area contributed by atoms with E-state index in [0.717, 1.165) is 55.4 Å². The van der Waals surface area contributed by atoms with E-state index >= 15 is 0 Å². The van der Waals surface area contributed by atoms with Gasteiger partial charge in [-0.3, -0.25) is 15.0 Å². The highest BCUT2D eigenvalue weighted by Crippen LogP contribution is 2.26. The van der Waals surface area contributed by atoms with Gasteiger partial charge in [-0.2, -0.15) is 5.10 Å². The van der Waals surface area contributed by atoms with Crippen LogP contribution in [0.1, 0.15) is 21.6 Å². The van der Waals surface area contributed by atoms with Crippen molar-refractivity contribution < 1.29 is 9.53 Å². The van der Waals surface area contributed by atoms with Gasteiger partial charge in [0.1, 0.15) is 5.69 Å². The monoisotopic (exact) mass is 459 g/mol. The summed E-state index contributed by atoms with van der Waals surface area (Å²) in [6.45, 7) is 6.10. The second kappa shape index (κ2) is 9.66. The van der Waals surface area contributed by atoms with Crippen molar-refractivity contribution in [2.45, 2.75) is 13.5 Å². The van der Waals surface area contributed by atoms with E-state index in [2.05, 4.69) is 15.2 Å². The summed E-state index contributed by atoms with van der Waals surface area (Å²) in [4.78, 5) is 20.2. The first-order valence-electron chi connectivity index (χ1n) is 10.9. The highest BCUT2D eigenvalue weighted by molar-refractivity contribution is 7.14. The number of para-hydroxylation sites is 1. The van der Waals surface area contributed by atoms with Crippen LogP contribution in [-0.2, 0) is 11.3 Å². The van der Waals surface area contributed by atoms with Crippen LogP contribution in [0.15, 0.2) is 66.2 Å². The number of morpholine rings is 1. The van der Waals surface area contributed by atoms with Crippen molar-refractivity contribution in [3.05, 3.63) is 83.0 Å². The number of carbonyl (C=O) groups is 1. The Balaban J connectivity index is 1.40. The van der Waals surface area contributed by atoms with E-state index in [1.807, 2.05) is 66.9 Å². The lowest BCUT2D eigenvalue weighted by Gasteiger charge is -2.25. The molecule has 1 aliphatic rings. The zero-order valence-corrected chi connectivity index (χ0v) is 19.2. The Labute approximate surface area is 196 Å². The predicted octanol–water partition coefficient (Wildman–Crippen LogP) is 4.39. The van der Waals surface area contributed by atoms with E-state index in [9.17, 15) is 4.79 Å². The van der Waals surface area contributed by atoms with Crippen molar-refractivity contribution in [3.63, 3.8) is 0 Å². The number of anilines is 1. The molecule has 168 valence electrons. The highest BCUT2D eigenvalue weighted by Gasteiger charge is 2.20. The molecule has 1 N–H and O–H groups in total. The second-order valence-electron chi connectivity index (χ2n) is 8.02. The molecule has 2 aromatic heterocycles. The van der Waals surface area contributed by atoms with Gasteiger partial charge in [0.25, 0.3) is 5.91 Å². The Morgan fingerprint density at radius 3 is 2.61 bits per heavy atom. The topological polar surface area (TPSA) is 72.3 Å². The van der Waals surface area contributed by atoms with Gasteiger partial charge in [0.2, 0.25) is 0 Å². The number of ether oxygens (including phenoxy) is 1. The van der Waals surface area contributed by atoms with E-state index in [-0.39, 0.29) is 5.91 Å². The number of aromatic nitrogens is 3. The minimum absolute atomic E-state index is 0.222. The molecule has 0 spiro atoms. The molecule has 0 unspecified atom stereocenters. The SMILES string of the molecule is Cc1ccc(-c2nn(-c3ccccc3)cc2C(=O)Nc2nc(CN3CCOCC3)cs2)cc1. The summed E-state index contributed by atoms with van der Waals surface area (Å²) in [5.41, 5.74) is 5.05. The molecule has 0 saturated carbocycles. The van der Waals surface area contributed by atoms with Gasteiger partial charge < -0.3 is 4.74 Å². The summed E-state index contributed by atoms with van der Waals surface area (Å²) in [6, 6.07) is 17.8. The number of hydrogen-bond donors (Lipinski definition) is 1. The maximum absolute atomic E-state index is 13.3. The van der Waals surface area contributed by atoms with Gasteiger partial charge in [0.15, 0.2) is 5.13 Å². The Bertz CT molecular complexity index is 1230. The summed E-state index contributed by atoms with van der Waals surface area (Å²) in [5.74, 6) is -0.222. The largest absolute Gasteiger partial charge is 0.379 e. The fourth-order valence-electron chi connectivity index (χ4n) is 3.77. The lowest BCUT2D eigenvalue weighted by Crippen LogP contribution is -2.35. The molecule has 4 aromatic rings. The maximum Gasteiger partial charge on any atom is 0.261 e. The summed E-state index contributed by atoms with van der Waals surface area (Å²) >= 11 is 1.44. The normalized spacial score (nSPS) is 14.3. The van der Waals surface area contributed by atoms with Crippen LogP contribution in [0, 0.1) is 6.92 Å². The summed E-state index contributed by atoms with van der Waals surface area (Å²) in [6.07, 6.45) is 1.78. The molecule has 1 amide bonds. The number of thiazole rings is 1. The molecule has 1 fully saturated rings. The average molecular weight is 460 g/mol. The number of hydrogen-bond acceptors (Lipinski definition) is 6. The van der Waals surface area contributed by atoms with Gasteiger partial charge in [0, 0.05) is 36.8 Å². The van der Waals surface area contributed by atoms with E-state index < -0.39 is 0 Å². The molecule has 0 radical (unpaired) electrons. The lowest BCUT2D eigenvalue weighted by molar-refractivity contribution is 0.0337. The third-order valence-electron chi connectivity index (χ3n) is 5.57. The van der Waals surface area contributed by atoms with Crippen LogP contribution in [-0.4, -0.2) is 51.9 Å². The number of rotatable bonds is 6. The number of carbonyl (C=O) groups excluding carboxylic acids is 1. The van der Waals surface area contributed by atoms with Crippen molar-refractivity contribution >= 4 is 22.4 Å². The summed E-state index contributed by atoms with van der Waals surface area (Å²) < 4.78 is 7.15.